The lowest BCUT2D eigenvalue weighted by Gasteiger charge is -2.08. The van der Waals surface area contributed by atoms with Gasteiger partial charge in [0.05, 0.1) is 4.92 Å². The van der Waals surface area contributed by atoms with Crippen molar-refractivity contribution in [2.24, 2.45) is 10.2 Å². The molecule has 3 rings (SSSR count). The highest BCUT2D eigenvalue weighted by molar-refractivity contribution is 7.86. The molecule has 138 valence electrons. The number of phenols is 2. The minimum Gasteiger partial charge on any atom is -0.506 e. The number of nitro groups is 1. The molecule has 0 fully saturated rings. The summed E-state index contributed by atoms with van der Waals surface area (Å²) in [6.07, 6.45) is 0. The molecule has 0 atom stereocenters. The fourth-order valence-corrected chi connectivity index (χ4v) is 3.13. The Morgan fingerprint density at radius 1 is 0.926 bits per heavy atom. The Morgan fingerprint density at radius 3 is 2.19 bits per heavy atom. The first-order chi connectivity index (χ1) is 12.7. The van der Waals surface area contributed by atoms with Crippen LogP contribution < -0.4 is 0 Å². The fourth-order valence-electron chi connectivity index (χ4n) is 2.42. The molecule has 0 aliphatic carbocycles. The van der Waals surface area contributed by atoms with Crippen molar-refractivity contribution in [2.75, 3.05) is 0 Å². The summed E-state index contributed by atoms with van der Waals surface area (Å²) in [5.41, 5.74) is -0.916. The van der Waals surface area contributed by atoms with Gasteiger partial charge in [-0.15, -0.1) is 10.2 Å². The smallest absolute Gasteiger partial charge is 0.295 e. The van der Waals surface area contributed by atoms with Gasteiger partial charge >= 0.3 is 0 Å². The number of benzene rings is 3. The molecule has 0 unspecified atom stereocenters. The van der Waals surface area contributed by atoms with Crippen LogP contribution in [0.4, 0.5) is 17.1 Å². The average molecular weight is 389 g/mol. The van der Waals surface area contributed by atoms with Crippen LogP contribution in [0.1, 0.15) is 0 Å². The van der Waals surface area contributed by atoms with E-state index in [2.05, 4.69) is 10.2 Å². The molecule has 0 spiro atoms. The van der Waals surface area contributed by atoms with Crippen LogP contribution in [0, 0.1) is 10.1 Å². The van der Waals surface area contributed by atoms with Gasteiger partial charge in [-0.1, -0.05) is 24.3 Å². The normalized spacial score (nSPS) is 11.9. The van der Waals surface area contributed by atoms with Crippen LogP contribution in [0.2, 0.25) is 0 Å². The van der Waals surface area contributed by atoms with Gasteiger partial charge in [0.25, 0.3) is 15.8 Å². The van der Waals surface area contributed by atoms with Crippen LogP contribution in [-0.4, -0.2) is 28.1 Å². The molecule has 0 saturated carbocycles. The summed E-state index contributed by atoms with van der Waals surface area (Å²) in [4.78, 5) is 9.63. The quantitative estimate of drug-likeness (QED) is 0.264. The molecular weight excluding hydrogens is 378 g/mol. The number of phenolic OH excluding ortho intramolecular Hbond substituents is 2. The topological polar surface area (TPSA) is 163 Å². The van der Waals surface area contributed by atoms with Crippen molar-refractivity contribution in [2.45, 2.75) is 4.90 Å². The largest absolute Gasteiger partial charge is 0.506 e. The first-order valence-corrected chi connectivity index (χ1v) is 8.74. The molecule has 3 aromatic rings. The van der Waals surface area contributed by atoms with Gasteiger partial charge in [-0.2, -0.15) is 8.42 Å². The van der Waals surface area contributed by atoms with E-state index in [1.54, 1.807) is 6.07 Å². The van der Waals surface area contributed by atoms with Crippen molar-refractivity contribution in [1.29, 1.82) is 0 Å². The third-order valence-electron chi connectivity index (χ3n) is 3.67. The summed E-state index contributed by atoms with van der Waals surface area (Å²) in [5, 5.41) is 38.4. The summed E-state index contributed by atoms with van der Waals surface area (Å²) in [7, 11) is -4.63. The van der Waals surface area contributed by atoms with Gasteiger partial charge in [0.15, 0.2) is 5.75 Å². The number of azo groups is 1. The molecular formula is C16H11N3O7S. The minimum atomic E-state index is -4.63. The van der Waals surface area contributed by atoms with Crippen molar-refractivity contribution in [3.63, 3.8) is 0 Å². The molecule has 0 aromatic heterocycles. The van der Waals surface area contributed by atoms with Crippen molar-refractivity contribution in [3.05, 3.63) is 58.6 Å². The van der Waals surface area contributed by atoms with Gasteiger partial charge in [0, 0.05) is 22.9 Å². The first-order valence-electron chi connectivity index (χ1n) is 7.30. The lowest BCUT2D eigenvalue weighted by Crippen LogP contribution is -1.99. The number of nitro benzene ring substituents is 1. The van der Waals surface area contributed by atoms with Crippen molar-refractivity contribution in [3.8, 4) is 11.5 Å². The summed E-state index contributed by atoms with van der Waals surface area (Å²) in [6.45, 7) is 0. The second-order valence-corrected chi connectivity index (χ2v) is 6.78. The van der Waals surface area contributed by atoms with Crippen LogP contribution in [0.5, 0.6) is 11.5 Å². The lowest BCUT2D eigenvalue weighted by molar-refractivity contribution is -0.384. The van der Waals surface area contributed by atoms with E-state index in [4.69, 9.17) is 0 Å². The molecule has 3 N–H and O–H groups in total. The lowest BCUT2D eigenvalue weighted by atomic mass is 10.1. The molecule has 0 heterocycles. The number of aromatic hydroxyl groups is 2. The van der Waals surface area contributed by atoms with E-state index in [9.17, 15) is 33.3 Å². The molecule has 10 nitrogen and oxygen atoms in total. The van der Waals surface area contributed by atoms with E-state index in [1.165, 1.54) is 18.2 Å². The Bertz CT molecular complexity index is 1210. The predicted molar refractivity (Wildman–Crippen MR) is 94.4 cm³/mol. The Balaban J connectivity index is 2.19. The Kier molecular flexibility index (Phi) is 4.47. The molecule has 3 aromatic carbocycles. The summed E-state index contributed by atoms with van der Waals surface area (Å²) >= 11 is 0. The number of rotatable bonds is 4. The van der Waals surface area contributed by atoms with E-state index < -0.39 is 31.4 Å². The maximum Gasteiger partial charge on any atom is 0.295 e. The van der Waals surface area contributed by atoms with E-state index in [0.29, 0.717) is 0 Å². The fraction of sp³-hybridized carbons (Fsp3) is 0. The number of non-ortho nitro benzene ring substituents is 1. The average Bonchev–Trinajstić information content (AvgIpc) is 2.61. The maximum atomic E-state index is 11.6. The summed E-state index contributed by atoms with van der Waals surface area (Å²) < 4.78 is 32.7. The van der Waals surface area contributed by atoms with Gasteiger partial charge in [0.2, 0.25) is 0 Å². The second-order valence-electron chi connectivity index (χ2n) is 5.39. The van der Waals surface area contributed by atoms with Crippen molar-refractivity contribution < 1.29 is 28.1 Å². The standard InChI is InChI=1S/C16H11N3O7S/c20-14-6-5-9(19(22)23)7-12(14)17-18-13-8-15(27(24,25)26)10-3-1-2-4-11(10)16(13)21/h1-8,20-21H,(H,24,25,26). The van der Waals surface area contributed by atoms with E-state index >= 15 is 0 Å². The van der Waals surface area contributed by atoms with Gasteiger partial charge in [-0.25, -0.2) is 0 Å². The van der Waals surface area contributed by atoms with E-state index in [0.717, 1.165) is 24.3 Å². The van der Waals surface area contributed by atoms with E-state index in [-0.39, 0.29) is 27.8 Å². The third kappa shape index (κ3) is 3.54. The molecule has 27 heavy (non-hydrogen) atoms. The molecule has 0 aliphatic heterocycles. The van der Waals surface area contributed by atoms with Gasteiger partial charge in [-0.05, 0) is 12.1 Å². The Labute approximate surface area is 151 Å². The maximum absolute atomic E-state index is 11.6. The molecule has 11 heteroatoms. The van der Waals surface area contributed by atoms with Crippen LogP contribution in [0.3, 0.4) is 0 Å². The molecule has 0 bridgehead atoms. The highest BCUT2D eigenvalue weighted by Gasteiger charge is 2.19. The third-order valence-corrected chi connectivity index (χ3v) is 4.56. The van der Waals surface area contributed by atoms with Gasteiger partial charge < -0.3 is 10.2 Å². The summed E-state index contributed by atoms with van der Waals surface area (Å²) in [6, 6.07) is 9.87. The monoisotopic (exact) mass is 389 g/mol. The molecule has 0 aliphatic rings. The summed E-state index contributed by atoms with van der Waals surface area (Å²) in [5.74, 6) is -0.814. The van der Waals surface area contributed by atoms with Gasteiger partial charge in [-0.3, -0.25) is 14.7 Å². The predicted octanol–water partition coefficient (Wildman–Crippen LogP) is 3.82. The van der Waals surface area contributed by atoms with Gasteiger partial charge in [0.1, 0.15) is 22.0 Å². The van der Waals surface area contributed by atoms with Crippen LogP contribution in [0.25, 0.3) is 10.8 Å². The van der Waals surface area contributed by atoms with Crippen LogP contribution in [-0.2, 0) is 10.1 Å². The Hall–Kier alpha value is -3.57. The zero-order valence-electron chi connectivity index (χ0n) is 13.3. The highest BCUT2D eigenvalue weighted by atomic mass is 32.2. The van der Waals surface area contributed by atoms with Crippen LogP contribution in [0.15, 0.2) is 63.7 Å². The molecule has 0 radical (unpaired) electrons. The Morgan fingerprint density at radius 2 is 1.56 bits per heavy atom. The van der Waals surface area contributed by atoms with E-state index in [1.807, 2.05) is 0 Å². The first kappa shape index (κ1) is 18.2. The molecule has 0 amide bonds. The zero-order valence-corrected chi connectivity index (χ0v) is 14.2. The van der Waals surface area contributed by atoms with Crippen molar-refractivity contribution >= 4 is 38.0 Å². The van der Waals surface area contributed by atoms with Crippen molar-refractivity contribution in [1.82, 2.24) is 0 Å². The number of hydrogen-bond acceptors (Lipinski definition) is 8. The number of fused-ring (bicyclic) bond motifs is 1. The minimum absolute atomic E-state index is 0.0784. The number of hydrogen-bond donors (Lipinski definition) is 3. The van der Waals surface area contributed by atoms with Crippen LogP contribution >= 0.6 is 0 Å². The molecule has 0 saturated heterocycles. The zero-order chi connectivity index (χ0) is 19.8. The number of nitrogens with zero attached hydrogens (tertiary/aromatic N) is 3. The highest BCUT2D eigenvalue weighted by Crippen LogP contribution is 2.40. The SMILES string of the molecule is O=[N+]([O-])c1ccc(O)c(N=Nc2cc(S(=O)(=O)O)c3ccccc3c2O)c1. The second kappa shape index (κ2) is 6.63.